The first-order valence-electron chi connectivity index (χ1n) is 21.6. The zero-order valence-corrected chi connectivity index (χ0v) is 34.4. The van der Waals surface area contributed by atoms with Gasteiger partial charge in [-0.25, -0.2) is 0 Å². The van der Waals surface area contributed by atoms with Crippen molar-refractivity contribution in [3.8, 4) is 5.75 Å². The van der Waals surface area contributed by atoms with Gasteiger partial charge in [0.1, 0.15) is 11.9 Å². The summed E-state index contributed by atoms with van der Waals surface area (Å²) in [5, 5.41) is 11.5. The summed E-state index contributed by atoms with van der Waals surface area (Å²) in [5.41, 5.74) is 3.75. The molecule has 7 heteroatoms. The quantitative estimate of drug-likeness (QED) is 0.104. The number of non-ortho nitro benzene ring substituents is 1. The number of para-hydroxylation sites is 1. The molecule has 0 saturated heterocycles. The highest BCUT2D eigenvalue weighted by Crippen LogP contribution is 2.67. The molecule has 2 heterocycles. The molecule has 3 saturated carbocycles. The van der Waals surface area contributed by atoms with Crippen molar-refractivity contribution in [1.82, 2.24) is 0 Å². The topological polar surface area (TPSA) is 81.9 Å². The van der Waals surface area contributed by atoms with E-state index in [0.29, 0.717) is 23.3 Å². The smallest absolute Gasteiger partial charge is 0.307 e. The summed E-state index contributed by atoms with van der Waals surface area (Å²) in [4.78, 5) is 27.0. The number of carbonyl (C=O) groups excluding carboxylic acids is 1. The Kier molecular flexibility index (Phi) is 9.81. The minimum absolute atomic E-state index is 0.0324. The predicted octanol–water partition coefficient (Wildman–Crippen LogP) is 11.8. The van der Waals surface area contributed by atoms with Crippen molar-refractivity contribution in [1.29, 1.82) is 0 Å². The Balaban J connectivity index is 0.928. The molecule has 6 aliphatic rings. The summed E-state index contributed by atoms with van der Waals surface area (Å²) < 4.78 is 13.2. The fraction of sp³-hybridized carbons (Fsp3) is 0.646. The van der Waals surface area contributed by atoms with Gasteiger partial charge in [0.2, 0.25) is 5.72 Å². The van der Waals surface area contributed by atoms with Gasteiger partial charge in [0.15, 0.2) is 0 Å². The van der Waals surface area contributed by atoms with Crippen molar-refractivity contribution in [2.75, 3.05) is 11.4 Å². The molecule has 2 aromatic rings. The Morgan fingerprint density at radius 1 is 1.00 bits per heavy atom. The second-order valence-corrected chi connectivity index (χ2v) is 19.8. The van der Waals surface area contributed by atoms with Gasteiger partial charge < -0.3 is 14.4 Å². The predicted molar refractivity (Wildman–Crippen MR) is 220 cm³/mol. The van der Waals surface area contributed by atoms with Crippen LogP contribution in [0.5, 0.6) is 5.75 Å². The van der Waals surface area contributed by atoms with Crippen LogP contribution in [0.15, 0.2) is 60.2 Å². The molecule has 1 spiro atoms. The van der Waals surface area contributed by atoms with Crippen LogP contribution in [0.1, 0.15) is 137 Å². The van der Waals surface area contributed by atoms with Gasteiger partial charge in [0.05, 0.1) is 16.8 Å². The van der Waals surface area contributed by atoms with Crippen molar-refractivity contribution in [3.63, 3.8) is 0 Å². The molecule has 2 aliphatic heterocycles. The van der Waals surface area contributed by atoms with Gasteiger partial charge in [0, 0.05) is 36.3 Å². The van der Waals surface area contributed by atoms with Crippen LogP contribution < -0.4 is 9.64 Å². The second-order valence-electron chi connectivity index (χ2n) is 19.8. The first-order chi connectivity index (χ1) is 26.2. The molecule has 9 atom stereocenters. The van der Waals surface area contributed by atoms with E-state index >= 15 is 0 Å². The summed E-state index contributed by atoms with van der Waals surface area (Å²) in [6.45, 7) is 17.3. The lowest BCUT2D eigenvalue weighted by molar-refractivity contribution is -0.384. The van der Waals surface area contributed by atoms with E-state index in [-0.39, 0.29) is 34.5 Å². The Morgan fingerprint density at radius 3 is 2.58 bits per heavy atom. The van der Waals surface area contributed by atoms with Gasteiger partial charge in [-0.15, -0.1) is 0 Å². The number of hydrogen-bond donors (Lipinski definition) is 0. The first kappa shape index (κ1) is 38.3. The number of ether oxygens (including phenoxy) is 2. The Bertz CT molecular complexity index is 1880. The fourth-order valence-corrected chi connectivity index (χ4v) is 13.2. The molecule has 0 amide bonds. The molecule has 296 valence electrons. The van der Waals surface area contributed by atoms with E-state index in [0.717, 1.165) is 66.0 Å². The second kappa shape index (κ2) is 14.1. The summed E-state index contributed by atoms with van der Waals surface area (Å²) in [6.07, 6.45) is 20.5. The number of benzene rings is 2. The standard InChI is InChI=1S/C48H64N2O5/c1-31(2)11-10-12-32(3)38-18-19-39-37-17-15-34-30-36(22-25-46(34,6)40(37)23-26-47(38,39)7)54-44(51)24-28-49-42-14-9-8-13-41(42)45(4,5)48(49)27-21-33-29-35(50(52)53)16-20-43(33)55-48/h8-9,13-16,20-21,27,29,31-32,36-40H,10-12,17-19,22-26,28,30H2,1-7H3/t32-,36+,37+,38-,39+,40+,46+,47-,48?/m1/s1. The molecule has 0 bridgehead atoms. The third-order valence-electron chi connectivity index (χ3n) is 16.2. The van der Waals surface area contributed by atoms with Gasteiger partial charge >= 0.3 is 5.97 Å². The maximum atomic E-state index is 13.7. The number of esters is 1. The zero-order chi connectivity index (χ0) is 38.9. The van der Waals surface area contributed by atoms with Crippen LogP contribution in [0, 0.1) is 56.5 Å². The maximum Gasteiger partial charge on any atom is 0.307 e. The van der Waals surface area contributed by atoms with E-state index in [1.807, 2.05) is 24.3 Å². The number of rotatable bonds is 10. The SMILES string of the molecule is CC(C)CCC[C@@H](C)[C@H]1CC[C@H]2[C@@H]3CC=C4C[C@@H](OC(=O)CCN5c6ccccc6C(C)(C)C56C=Cc5cc([N+](=O)[O-])ccc5O6)CC[C@]4(C)[C@H]3CC[C@]12C. The largest absolute Gasteiger partial charge is 0.463 e. The molecule has 55 heavy (non-hydrogen) atoms. The number of nitro groups is 1. The number of nitrogens with zero attached hydrogens (tertiary/aromatic N) is 2. The number of carbonyl (C=O) groups is 1. The van der Waals surface area contributed by atoms with Crippen molar-refractivity contribution in [2.45, 2.75) is 143 Å². The number of fused-ring (bicyclic) bond motifs is 7. The van der Waals surface area contributed by atoms with Gasteiger partial charge in [-0.2, -0.15) is 0 Å². The molecule has 7 nitrogen and oxygen atoms in total. The Morgan fingerprint density at radius 2 is 1.80 bits per heavy atom. The zero-order valence-electron chi connectivity index (χ0n) is 34.4. The van der Waals surface area contributed by atoms with Crippen LogP contribution in [-0.2, 0) is 14.9 Å². The number of allylic oxidation sites excluding steroid dienone is 1. The van der Waals surface area contributed by atoms with Crippen LogP contribution in [0.25, 0.3) is 6.08 Å². The average molecular weight is 749 g/mol. The van der Waals surface area contributed by atoms with E-state index < -0.39 is 11.1 Å². The molecule has 1 unspecified atom stereocenters. The van der Waals surface area contributed by atoms with E-state index in [4.69, 9.17) is 9.47 Å². The van der Waals surface area contributed by atoms with Crippen molar-refractivity contribution in [2.24, 2.45) is 46.3 Å². The summed E-state index contributed by atoms with van der Waals surface area (Å²) in [6, 6.07) is 13.0. The number of anilines is 1. The molecule has 0 radical (unpaired) electrons. The molecular formula is C48H64N2O5. The number of nitro benzene ring substituents is 1. The third-order valence-corrected chi connectivity index (χ3v) is 16.2. The van der Waals surface area contributed by atoms with Gasteiger partial charge in [0.25, 0.3) is 5.69 Å². The Hall–Kier alpha value is -3.61. The maximum absolute atomic E-state index is 13.7. The van der Waals surface area contributed by atoms with Crippen molar-refractivity contribution in [3.05, 3.63) is 81.4 Å². The first-order valence-corrected chi connectivity index (χ1v) is 21.6. The lowest BCUT2D eigenvalue weighted by Gasteiger charge is -2.58. The van der Waals surface area contributed by atoms with E-state index in [2.05, 4.69) is 71.6 Å². The summed E-state index contributed by atoms with van der Waals surface area (Å²) >= 11 is 0. The van der Waals surface area contributed by atoms with E-state index in [1.165, 1.54) is 57.4 Å². The molecule has 0 N–H and O–H groups in total. The highest BCUT2D eigenvalue weighted by atomic mass is 16.6. The van der Waals surface area contributed by atoms with Crippen LogP contribution in [0.4, 0.5) is 11.4 Å². The lowest BCUT2D eigenvalue weighted by atomic mass is 9.47. The normalized spacial score (nSPS) is 34.5. The number of hydrogen-bond acceptors (Lipinski definition) is 6. The highest BCUT2D eigenvalue weighted by Gasteiger charge is 2.60. The lowest BCUT2D eigenvalue weighted by Crippen LogP contribution is -2.60. The van der Waals surface area contributed by atoms with E-state index in [9.17, 15) is 14.9 Å². The average Bonchev–Trinajstić information content (AvgIpc) is 3.59. The molecule has 4 aliphatic carbocycles. The molecule has 8 rings (SSSR count). The third kappa shape index (κ3) is 6.25. The minimum Gasteiger partial charge on any atom is -0.463 e. The molecule has 3 fully saturated rings. The molecular weight excluding hydrogens is 685 g/mol. The minimum atomic E-state index is -0.905. The molecule has 0 aromatic heterocycles. The monoisotopic (exact) mass is 748 g/mol. The van der Waals surface area contributed by atoms with Crippen LogP contribution in [0.2, 0.25) is 0 Å². The van der Waals surface area contributed by atoms with E-state index in [1.54, 1.807) is 17.7 Å². The van der Waals surface area contributed by atoms with Crippen LogP contribution in [0.3, 0.4) is 0 Å². The van der Waals surface area contributed by atoms with Crippen LogP contribution in [-0.4, -0.2) is 29.3 Å². The highest BCUT2D eigenvalue weighted by molar-refractivity contribution is 5.75. The molecule has 2 aromatic carbocycles. The fourth-order valence-electron chi connectivity index (χ4n) is 13.2. The summed E-state index contributed by atoms with van der Waals surface area (Å²) in [5.74, 6) is 5.30. The van der Waals surface area contributed by atoms with Crippen LogP contribution >= 0.6 is 0 Å². The van der Waals surface area contributed by atoms with Crippen molar-refractivity contribution < 1.29 is 19.2 Å². The Labute approximate surface area is 329 Å². The van der Waals surface area contributed by atoms with Crippen molar-refractivity contribution >= 4 is 23.4 Å². The summed E-state index contributed by atoms with van der Waals surface area (Å²) in [7, 11) is 0. The van der Waals surface area contributed by atoms with Gasteiger partial charge in [-0.3, -0.25) is 14.9 Å². The van der Waals surface area contributed by atoms with Gasteiger partial charge in [-0.1, -0.05) is 83.7 Å². The van der Waals surface area contributed by atoms with Gasteiger partial charge in [-0.05, 0) is 135 Å².